The van der Waals surface area contributed by atoms with E-state index in [-0.39, 0.29) is 5.78 Å². The summed E-state index contributed by atoms with van der Waals surface area (Å²) >= 11 is 4.71. The Balaban J connectivity index is 2.58. The second-order valence-corrected chi connectivity index (χ2v) is 4.69. The first-order valence-electron chi connectivity index (χ1n) is 3.82. The molecule has 0 saturated carbocycles. The van der Waals surface area contributed by atoms with E-state index in [0.29, 0.717) is 11.5 Å². The van der Waals surface area contributed by atoms with Crippen LogP contribution >= 0.6 is 27.3 Å². The minimum absolute atomic E-state index is 0.0239. The molecule has 1 aromatic heterocycles. The third-order valence-corrected chi connectivity index (χ3v) is 2.94. The Morgan fingerprint density at radius 1 is 1.69 bits per heavy atom. The van der Waals surface area contributed by atoms with Crippen molar-refractivity contribution in [3.63, 3.8) is 0 Å². The highest BCUT2D eigenvalue weighted by atomic mass is 79.9. The minimum atomic E-state index is -0.0239. The largest absolute Gasteiger partial charge is 0.501 e. The van der Waals surface area contributed by atoms with Crippen LogP contribution in [0.3, 0.4) is 0 Å². The first kappa shape index (κ1) is 10.5. The average Bonchev–Trinajstić information content (AvgIpc) is 2.52. The van der Waals surface area contributed by atoms with Crippen LogP contribution in [0.1, 0.15) is 16.6 Å². The molecule has 2 nitrogen and oxygen atoms in total. The highest BCUT2D eigenvalue weighted by Gasteiger charge is 2.04. The predicted molar refractivity (Wildman–Crippen MR) is 57.1 cm³/mol. The second kappa shape index (κ2) is 5.19. The molecule has 0 aliphatic carbocycles. The summed E-state index contributed by atoms with van der Waals surface area (Å²) in [5.41, 5.74) is 0. The zero-order valence-electron chi connectivity index (χ0n) is 7.12. The zero-order valence-corrected chi connectivity index (χ0v) is 9.52. The van der Waals surface area contributed by atoms with Crippen LogP contribution in [0.5, 0.6) is 0 Å². The first-order chi connectivity index (χ1) is 6.24. The fraction of sp³-hybridized carbons (Fsp3) is 0.222. The van der Waals surface area contributed by atoms with Crippen molar-refractivity contribution in [3.8, 4) is 0 Å². The lowest BCUT2D eigenvalue weighted by Gasteiger charge is -1.91. The Bertz CT molecular complexity index is 317. The smallest absolute Gasteiger partial charge is 0.198 e. The van der Waals surface area contributed by atoms with Crippen molar-refractivity contribution >= 4 is 33.0 Å². The van der Waals surface area contributed by atoms with Crippen molar-refractivity contribution in [2.45, 2.75) is 6.92 Å². The van der Waals surface area contributed by atoms with Gasteiger partial charge in [-0.15, -0.1) is 11.3 Å². The monoisotopic (exact) mass is 260 g/mol. The van der Waals surface area contributed by atoms with Gasteiger partial charge in [0.25, 0.3) is 0 Å². The quantitative estimate of drug-likeness (QED) is 0.472. The molecule has 0 atom stereocenters. The number of allylic oxidation sites excluding steroid dienone is 1. The summed E-state index contributed by atoms with van der Waals surface area (Å²) in [6.07, 6.45) is 2.86. The summed E-state index contributed by atoms with van der Waals surface area (Å²) in [6.45, 7) is 2.45. The molecule has 0 unspecified atom stereocenters. The van der Waals surface area contributed by atoms with Gasteiger partial charge in [0.05, 0.1) is 21.5 Å². The predicted octanol–water partition coefficient (Wildman–Crippen LogP) is 3.24. The van der Waals surface area contributed by atoms with Gasteiger partial charge < -0.3 is 4.74 Å². The normalized spacial score (nSPS) is 10.6. The molecule has 1 aromatic rings. The van der Waals surface area contributed by atoms with Gasteiger partial charge in [0.15, 0.2) is 5.78 Å². The van der Waals surface area contributed by atoms with Crippen molar-refractivity contribution in [1.82, 2.24) is 0 Å². The van der Waals surface area contributed by atoms with Gasteiger partial charge in [-0.1, -0.05) is 0 Å². The van der Waals surface area contributed by atoms with E-state index in [1.165, 1.54) is 23.7 Å². The van der Waals surface area contributed by atoms with Gasteiger partial charge in [-0.2, -0.15) is 0 Å². The van der Waals surface area contributed by atoms with E-state index in [1.54, 1.807) is 6.07 Å². The number of rotatable bonds is 4. The van der Waals surface area contributed by atoms with Gasteiger partial charge in [0.2, 0.25) is 0 Å². The summed E-state index contributed by atoms with van der Waals surface area (Å²) in [4.78, 5) is 12.1. The molecule has 1 rings (SSSR count). The van der Waals surface area contributed by atoms with E-state index < -0.39 is 0 Å². The molecule has 13 heavy (non-hydrogen) atoms. The van der Waals surface area contributed by atoms with E-state index in [1.807, 2.05) is 13.0 Å². The Kier molecular flexibility index (Phi) is 4.18. The van der Waals surface area contributed by atoms with E-state index in [4.69, 9.17) is 4.74 Å². The van der Waals surface area contributed by atoms with Gasteiger partial charge in [-0.25, -0.2) is 0 Å². The molecule has 0 bridgehead atoms. The van der Waals surface area contributed by atoms with Crippen LogP contribution in [-0.4, -0.2) is 12.4 Å². The number of halogens is 1. The number of ketones is 1. The summed E-state index contributed by atoms with van der Waals surface area (Å²) in [5, 5.41) is 0. The summed E-state index contributed by atoms with van der Waals surface area (Å²) in [5.74, 6) is -0.0239. The standard InChI is InChI=1S/C9H9BrO2S/c1-2-12-6-5-7(11)8-3-4-9(10)13-8/h3-6H,2H2,1H3. The Hall–Kier alpha value is -0.610. The lowest BCUT2D eigenvalue weighted by molar-refractivity contribution is 0.104. The number of ether oxygens (including phenoxy) is 1. The molecule has 0 radical (unpaired) electrons. The Morgan fingerprint density at radius 3 is 3.00 bits per heavy atom. The van der Waals surface area contributed by atoms with Gasteiger partial charge >= 0.3 is 0 Å². The SMILES string of the molecule is CCOC=CC(=O)c1ccc(Br)s1. The number of hydrogen-bond donors (Lipinski definition) is 0. The maximum absolute atomic E-state index is 11.4. The van der Waals surface area contributed by atoms with E-state index in [2.05, 4.69) is 15.9 Å². The van der Waals surface area contributed by atoms with Crippen LogP contribution in [0.15, 0.2) is 28.3 Å². The summed E-state index contributed by atoms with van der Waals surface area (Å²) < 4.78 is 5.88. The molecule has 0 fully saturated rings. The third kappa shape index (κ3) is 3.32. The minimum Gasteiger partial charge on any atom is -0.501 e. The maximum Gasteiger partial charge on any atom is 0.198 e. The Labute approximate surface area is 89.3 Å². The average molecular weight is 261 g/mol. The summed E-state index contributed by atoms with van der Waals surface area (Å²) in [6, 6.07) is 3.64. The molecule has 0 amide bonds. The third-order valence-electron chi connectivity index (χ3n) is 1.30. The number of carbonyl (C=O) groups excluding carboxylic acids is 1. The van der Waals surface area contributed by atoms with E-state index in [0.717, 1.165) is 3.79 Å². The lowest BCUT2D eigenvalue weighted by atomic mass is 10.3. The van der Waals surface area contributed by atoms with Crippen molar-refractivity contribution in [2.75, 3.05) is 6.61 Å². The van der Waals surface area contributed by atoms with Crippen molar-refractivity contribution in [2.24, 2.45) is 0 Å². The van der Waals surface area contributed by atoms with Crippen molar-refractivity contribution < 1.29 is 9.53 Å². The summed E-state index contributed by atoms with van der Waals surface area (Å²) in [7, 11) is 0. The number of thiophene rings is 1. The van der Waals surface area contributed by atoms with Crippen LogP contribution in [0, 0.1) is 0 Å². The molecular weight excluding hydrogens is 252 g/mol. The van der Waals surface area contributed by atoms with Gasteiger partial charge in [-0.05, 0) is 35.0 Å². The number of carbonyl (C=O) groups is 1. The molecule has 0 aliphatic rings. The highest BCUT2D eigenvalue weighted by molar-refractivity contribution is 9.11. The maximum atomic E-state index is 11.4. The van der Waals surface area contributed by atoms with Gasteiger partial charge in [0.1, 0.15) is 0 Å². The Morgan fingerprint density at radius 2 is 2.46 bits per heavy atom. The second-order valence-electron chi connectivity index (χ2n) is 2.23. The zero-order chi connectivity index (χ0) is 9.68. The van der Waals surface area contributed by atoms with Crippen LogP contribution in [0.4, 0.5) is 0 Å². The molecule has 0 aromatic carbocycles. The van der Waals surface area contributed by atoms with Crippen LogP contribution in [-0.2, 0) is 4.74 Å². The highest BCUT2D eigenvalue weighted by Crippen LogP contribution is 2.22. The lowest BCUT2D eigenvalue weighted by Crippen LogP contribution is -1.89. The van der Waals surface area contributed by atoms with Crippen LogP contribution in [0.2, 0.25) is 0 Å². The molecule has 70 valence electrons. The molecule has 4 heteroatoms. The first-order valence-corrected chi connectivity index (χ1v) is 5.43. The fourth-order valence-electron chi connectivity index (χ4n) is 0.735. The molecule has 0 aliphatic heterocycles. The van der Waals surface area contributed by atoms with Crippen LogP contribution < -0.4 is 0 Å². The van der Waals surface area contributed by atoms with E-state index in [9.17, 15) is 4.79 Å². The van der Waals surface area contributed by atoms with Gasteiger partial charge in [-0.3, -0.25) is 4.79 Å². The molecule has 1 heterocycles. The van der Waals surface area contributed by atoms with Crippen molar-refractivity contribution in [3.05, 3.63) is 33.1 Å². The molecule has 0 saturated heterocycles. The van der Waals surface area contributed by atoms with Gasteiger partial charge in [0, 0.05) is 6.08 Å². The topological polar surface area (TPSA) is 26.3 Å². The van der Waals surface area contributed by atoms with E-state index >= 15 is 0 Å². The van der Waals surface area contributed by atoms with Crippen LogP contribution in [0.25, 0.3) is 0 Å². The fourth-order valence-corrected chi connectivity index (χ4v) is 2.04. The molecule has 0 N–H and O–H groups in total. The molecule has 0 spiro atoms. The molecular formula is C9H9BrO2S. The van der Waals surface area contributed by atoms with Crippen molar-refractivity contribution in [1.29, 1.82) is 0 Å². The number of hydrogen-bond acceptors (Lipinski definition) is 3.